The number of carbonyl (C=O) groups is 2. The van der Waals surface area contributed by atoms with Gasteiger partial charge in [0.15, 0.2) is 5.17 Å². The van der Waals surface area contributed by atoms with E-state index >= 15 is 0 Å². The van der Waals surface area contributed by atoms with Gasteiger partial charge in [-0.15, -0.1) is 0 Å². The highest BCUT2D eigenvalue weighted by Crippen LogP contribution is 2.37. The number of amides is 1. The Labute approximate surface area is 165 Å². The smallest absolute Gasteiger partial charge is 0.417 e. The molecule has 10 heteroatoms. The number of thioether (sulfide) groups is 1. The maximum atomic E-state index is 12.9. The molecule has 0 aliphatic carbocycles. The first-order valence-electron chi connectivity index (χ1n) is 7.64. The molecule has 144 valence electrons. The Balaban J connectivity index is 1.91. The molecule has 1 amide bonds. The summed E-state index contributed by atoms with van der Waals surface area (Å²) < 4.78 is 38.8. The van der Waals surface area contributed by atoms with E-state index in [-0.39, 0.29) is 21.3 Å². The van der Waals surface area contributed by atoms with E-state index in [4.69, 9.17) is 11.6 Å². The number of aromatic carboxylic acids is 1. The number of alkyl halides is 3. The third kappa shape index (κ3) is 4.37. The summed E-state index contributed by atoms with van der Waals surface area (Å²) in [6.07, 6.45) is -3.25. The maximum Gasteiger partial charge on any atom is 0.417 e. The molecule has 1 aliphatic rings. The van der Waals surface area contributed by atoms with Crippen LogP contribution in [-0.4, -0.2) is 22.2 Å². The summed E-state index contributed by atoms with van der Waals surface area (Å²) in [5, 5.41) is 11.3. The van der Waals surface area contributed by atoms with E-state index in [9.17, 15) is 27.9 Å². The summed E-state index contributed by atoms with van der Waals surface area (Å²) in [6.45, 7) is 0. The predicted molar refractivity (Wildman–Crippen MR) is 101 cm³/mol. The molecule has 1 saturated heterocycles. The number of amidine groups is 1. The van der Waals surface area contributed by atoms with Crippen LogP contribution < -0.4 is 5.32 Å². The molecule has 0 saturated carbocycles. The van der Waals surface area contributed by atoms with E-state index in [1.807, 2.05) is 0 Å². The van der Waals surface area contributed by atoms with Gasteiger partial charge in [-0.2, -0.15) is 13.2 Å². The number of aliphatic imine (C=N–C) groups is 1. The Hall–Kier alpha value is -2.78. The topological polar surface area (TPSA) is 78.8 Å². The van der Waals surface area contributed by atoms with Crippen molar-refractivity contribution in [3.63, 3.8) is 0 Å². The monoisotopic (exact) mass is 426 g/mol. The van der Waals surface area contributed by atoms with Crippen molar-refractivity contribution in [1.82, 2.24) is 5.32 Å². The van der Waals surface area contributed by atoms with Crippen molar-refractivity contribution in [2.75, 3.05) is 0 Å². The second-order valence-electron chi connectivity index (χ2n) is 5.54. The number of hydrogen-bond acceptors (Lipinski definition) is 4. The number of carboxylic acid groups (broad SMARTS) is 1. The van der Waals surface area contributed by atoms with E-state index in [1.165, 1.54) is 24.3 Å². The van der Waals surface area contributed by atoms with Gasteiger partial charge in [-0.1, -0.05) is 29.8 Å². The molecule has 0 bridgehead atoms. The van der Waals surface area contributed by atoms with E-state index in [0.717, 1.165) is 23.9 Å². The summed E-state index contributed by atoms with van der Waals surface area (Å²) in [4.78, 5) is 27.5. The van der Waals surface area contributed by atoms with E-state index in [1.54, 1.807) is 12.1 Å². The summed E-state index contributed by atoms with van der Waals surface area (Å²) >= 11 is 6.46. The zero-order chi connectivity index (χ0) is 20.5. The average molecular weight is 427 g/mol. The molecule has 3 rings (SSSR count). The second kappa shape index (κ2) is 7.69. The number of benzene rings is 2. The van der Waals surface area contributed by atoms with Crippen molar-refractivity contribution in [3.8, 4) is 0 Å². The second-order valence-corrected chi connectivity index (χ2v) is 6.97. The van der Waals surface area contributed by atoms with Gasteiger partial charge < -0.3 is 10.4 Å². The molecule has 1 heterocycles. The van der Waals surface area contributed by atoms with Crippen LogP contribution in [0.1, 0.15) is 21.5 Å². The van der Waals surface area contributed by atoms with E-state index in [0.29, 0.717) is 5.56 Å². The molecule has 28 heavy (non-hydrogen) atoms. The number of carbonyl (C=O) groups excluding carboxylic acids is 1. The molecule has 1 aliphatic heterocycles. The normalized spacial score (nSPS) is 17.2. The third-order valence-electron chi connectivity index (χ3n) is 3.61. The van der Waals surface area contributed by atoms with Crippen LogP contribution in [0.3, 0.4) is 0 Å². The molecule has 0 atom stereocenters. The molecular formula is C18H10ClF3N2O3S. The lowest BCUT2D eigenvalue weighted by Crippen LogP contribution is -2.19. The van der Waals surface area contributed by atoms with Crippen LogP contribution in [0.5, 0.6) is 0 Å². The summed E-state index contributed by atoms with van der Waals surface area (Å²) in [5.74, 6) is -1.68. The van der Waals surface area contributed by atoms with Crippen molar-refractivity contribution in [2.45, 2.75) is 6.18 Å². The Morgan fingerprint density at radius 1 is 1.21 bits per heavy atom. The molecule has 0 spiro atoms. The molecule has 0 unspecified atom stereocenters. The highest BCUT2D eigenvalue weighted by atomic mass is 35.5. The molecule has 2 aromatic rings. The van der Waals surface area contributed by atoms with Gasteiger partial charge in [-0.05, 0) is 47.7 Å². The Morgan fingerprint density at radius 3 is 2.61 bits per heavy atom. The average Bonchev–Trinajstić information content (AvgIpc) is 2.95. The molecule has 2 aromatic carbocycles. The van der Waals surface area contributed by atoms with Gasteiger partial charge in [0.25, 0.3) is 5.91 Å². The van der Waals surface area contributed by atoms with Crippen molar-refractivity contribution in [3.05, 3.63) is 69.1 Å². The third-order valence-corrected chi connectivity index (χ3v) is 4.85. The van der Waals surface area contributed by atoms with Crippen molar-refractivity contribution >= 4 is 52.2 Å². The zero-order valence-corrected chi connectivity index (χ0v) is 15.3. The first kappa shape index (κ1) is 20.0. The van der Waals surface area contributed by atoms with Crippen molar-refractivity contribution < 1.29 is 27.9 Å². The van der Waals surface area contributed by atoms with Crippen molar-refractivity contribution in [2.24, 2.45) is 4.99 Å². The number of carboxylic acids is 1. The van der Waals surface area contributed by atoms with E-state index in [2.05, 4.69) is 10.3 Å². The maximum absolute atomic E-state index is 12.9. The molecule has 5 nitrogen and oxygen atoms in total. The standard InChI is InChI=1S/C18H10ClF3N2O3S/c19-13-6-5-10(8-12(13)18(20,21)22)23-17-24-15(25)14(28-17)7-9-3-1-2-4-11(9)16(26)27/h1-8H,(H,26,27)(H,23,24,25)/b14-7+. The summed E-state index contributed by atoms with van der Waals surface area (Å²) in [6, 6.07) is 9.26. The van der Waals surface area contributed by atoms with E-state index < -0.39 is 28.6 Å². The lowest BCUT2D eigenvalue weighted by molar-refractivity contribution is -0.137. The predicted octanol–water partition coefficient (Wildman–Crippen LogP) is 4.95. The van der Waals surface area contributed by atoms with Crippen LogP contribution in [-0.2, 0) is 11.0 Å². The molecule has 0 aromatic heterocycles. The van der Waals surface area contributed by atoms with Crippen LogP contribution in [0.25, 0.3) is 6.08 Å². The first-order valence-corrected chi connectivity index (χ1v) is 8.83. The minimum absolute atomic E-state index is 0.0151. The van der Waals surface area contributed by atoms with Crippen LogP contribution in [0.15, 0.2) is 52.4 Å². The summed E-state index contributed by atoms with van der Waals surface area (Å²) in [7, 11) is 0. The zero-order valence-electron chi connectivity index (χ0n) is 13.7. The lowest BCUT2D eigenvalue weighted by Gasteiger charge is -2.09. The molecule has 0 radical (unpaired) electrons. The largest absolute Gasteiger partial charge is 0.478 e. The van der Waals surface area contributed by atoms with Crippen LogP contribution in [0.4, 0.5) is 18.9 Å². The van der Waals surface area contributed by atoms with Gasteiger partial charge in [-0.3, -0.25) is 4.79 Å². The number of nitrogens with zero attached hydrogens (tertiary/aromatic N) is 1. The van der Waals surface area contributed by atoms with Gasteiger partial charge >= 0.3 is 12.1 Å². The Kier molecular flexibility index (Phi) is 5.48. The van der Waals surface area contributed by atoms with Gasteiger partial charge in [0.05, 0.1) is 26.7 Å². The quantitative estimate of drug-likeness (QED) is 0.681. The van der Waals surface area contributed by atoms with Crippen LogP contribution >= 0.6 is 23.4 Å². The van der Waals surface area contributed by atoms with Gasteiger partial charge in [0, 0.05) is 0 Å². The van der Waals surface area contributed by atoms with Crippen molar-refractivity contribution in [1.29, 1.82) is 0 Å². The Bertz CT molecular complexity index is 1030. The van der Waals surface area contributed by atoms with Crippen LogP contribution in [0.2, 0.25) is 5.02 Å². The number of nitrogens with one attached hydrogen (secondary N) is 1. The first-order chi connectivity index (χ1) is 13.1. The minimum Gasteiger partial charge on any atom is -0.478 e. The minimum atomic E-state index is -4.63. The molecule has 2 N–H and O–H groups in total. The van der Waals surface area contributed by atoms with Gasteiger partial charge in [0.1, 0.15) is 0 Å². The van der Waals surface area contributed by atoms with Gasteiger partial charge in [0.2, 0.25) is 0 Å². The van der Waals surface area contributed by atoms with Gasteiger partial charge in [-0.25, -0.2) is 9.79 Å². The fourth-order valence-electron chi connectivity index (χ4n) is 2.36. The molecular weight excluding hydrogens is 417 g/mol. The highest BCUT2D eigenvalue weighted by Gasteiger charge is 2.33. The lowest BCUT2D eigenvalue weighted by atomic mass is 10.1. The summed E-state index contributed by atoms with van der Waals surface area (Å²) in [5.41, 5.74) is -0.732. The number of hydrogen-bond donors (Lipinski definition) is 2. The fourth-order valence-corrected chi connectivity index (χ4v) is 3.41. The molecule has 1 fully saturated rings. The number of rotatable bonds is 3. The highest BCUT2D eigenvalue weighted by molar-refractivity contribution is 8.18. The fraction of sp³-hybridized carbons (Fsp3) is 0.0556. The van der Waals surface area contributed by atoms with Crippen LogP contribution in [0, 0.1) is 0 Å². The SMILES string of the molecule is O=C1NC(=Nc2ccc(Cl)c(C(F)(F)F)c2)S/C1=C/c1ccccc1C(=O)O. The number of halogens is 4. The Morgan fingerprint density at radius 2 is 1.93 bits per heavy atom.